The molecule has 2 aliphatic rings. The summed E-state index contributed by atoms with van der Waals surface area (Å²) in [6.45, 7) is 13.9. The Balaban J connectivity index is 1.73. The van der Waals surface area contributed by atoms with Gasteiger partial charge in [-0.05, 0) is 112 Å². The smallest absolute Gasteiger partial charge is 0.270 e. The van der Waals surface area contributed by atoms with Crippen molar-refractivity contribution in [3.63, 3.8) is 0 Å². The number of nitrogens with zero attached hydrogens (tertiary/aromatic N) is 2. The van der Waals surface area contributed by atoms with E-state index in [1.54, 1.807) is 6.08 Å². The molecule has 2 heterocycles. The van der Waals surface area contributed by atoms with E-state index in [2.05, 4.69) is 50.0 Å². The van der Waals surface area contributed by atoms with Crippen LogP contribution in [0.25, 0.3) is 6.08 Å². The van der Waals surface area contributed by atoms with Crippen LogP contribution in [0.15, 0.2) is 42.0 Å². The van der Waals surface area contributed by atoms with Gasteiger partial charge >= 0.3 is 0 Å². The van der Waals surface area contributed by atoms with Crippen molar-refractivity contribution < 1.29 is 9.59 Å². The Morgan fingerprint density at radius 3 is 2.52 bits per heavy atom. The average molecular weight is 462 g/mol. The van der Waals surface area contributed by atoms with Gasteiger partial charge in [0.1, 0.15) is 5.57 Å². The molecule has 33 heavy (non-hydrogen) atoms. The van der Waals surface area contributed by atoms with Gasteiger partial charge in [0.05, 0.1) is 5.69 Å². The number of amides is 2. The molecule has 0 saturated carbocycles. The first kappa shape index (κ1) is 23.2. The van der Waals surface area contributed by atoms with Gasteiger partial charge in [0.15, 0.2) is 5.11 Å². The summed E-state index contributed by atoms with van der Waals surface area (Å²) in [6.07, 6.45) is 2.72. The van der Waals surface area contributed by atoms with Gasteiger partial charge in [-0.1, -0.05) is 19.1 Å². The summed E-state index contributed by atoms with van der Waals surface area (Å²) >= 11 is 5.34. The van der Waals surface area contributed by atoms with Crippen molar-refractivity contribution in [3.05, 3.63) is 64.2 Å². The number of aryl methyl sites for hydroxylation is 2. The third kappa shape index (κ3) is 4.08. The molecule has 5 nitrogen and oxygen atoms in total. The summed E-state index contributed by atoms with van der Waals surface area (Å²) in [5.74, 6) is -0.493. The molecule has 0 bridgehead atoms. The van der Waals surface area contributed by atoms with Gasteiger partial charge in [-0.3, -0.25) is 19.8 Å². The van der Waals surface area contributed by atoms with Crippen LogP contribution in [-0.4, -0.2) is 29.0 Å². The van der Waals surface area contributed by atoms with Crippen LogP contribution in [0.4, 0.5) is 11.4 Å². The number of nitrogens with one attached hydrogen (secondary N) is 1. The van der Waals surface area contributed by atoms with Crippen LogP contribution in [0.5, 0.6) is 0 Å². The molecule has 0 spiro atoms. The minimum Gasteiger partial charge on any atom is -0.366 e. The minimum atomic E-state index is -0.466. The average Bonchev–Trinajstić information content (AvgIpc) is 2.73. The first-order chi connectivity index (χ1) is 15.5. The molecule has 0 aliphatic carbocycles. The van der Waals surface area contributed by atoms with Gasteiger partial charge in [-0.2, -0.15) is 0 Å². The fourth-order valence-electron chi connectivity index (χ4n) is 5.12. The number of fused-ring (bicyclic) bond motifs is 1. The highest BCUT2D eigenvalue weighted by molar-refractivity contribution is 7.80. The van der Waals surface area contributed by atoms with Crippen molar-refractivity contribution in [1.82, 2.24) is 5.32 Å². The highest BCUT2D eigenvalue weighted by Crippen LogP contribution is 2.43. The van der Waals surface area contributed by atoms with Crippen molar-refractivity contribution in [2.75, 3.05) is 16.3 Å². The topological polar surface area (TPSA) is 52.7 Å². The number of rotatable bonds is 3. The predicted octanol–water partition coefficient (Wildman–Crippen LogP) is 5.25. The van der Waals surface area contributed by atoms with Crippen molar-refractivity contribution in [1.29, 1.82) is 0 Å². The van der Waals surface area contributed by atoms with Crippen LogP contribution in [-0.2, 0) is 9.59 Å². The van der Waals surface area contributed by atoms with Crippen LogP contribution in [0.2, 0.25) is 0 Å². The molecule has 1 saturated heterocycles. The number of carbonyl (C=O) groups is 2. The van der Waals surface area contributed by atoms with E-state index < -0.39 is 11.8 Å². The highest BCUT2D eigenvalue weighted by Gasteiger charge is 2.37. The van der Waals surface area contributed by atoms with E-state index >= 15 is 0 Å². The molecule has 2 aliphatic heterocycles. The Labute approximate surface area is 201 Å². The summed E-state index contributed by atoms with van der Waals surface area (Å²) < 4.78 is 0. The molecule has 2 aromatic carbocycles. The standard InChI is InChI=1S/C27H31N3O2S/c1-7-29-23-11-9-19(13-21(23)18(4)15-27(29,5)6)14-22-24(31)28-26(33)30(25(22)32)20-10-8-16(2)17(3)12-20/h8-14,18H,7,15H2,1-6H3,(H,28,31,33)/b22-14+. The van der Waals surface area contributed by atoms with Gasteiger partial charge in [-0.25, -0.2) is 0 Å². The molecule has 6 heteroatoms. The molecule has 1 unspecified atom stereocenters. The second-order valence-corrected chi connectivity index (χ2v) is 10.1. The van der Waals surface area contributed by atoms with E-state index in [9.17, 15) is 9.59 Å². The molecule has 2 aromatic rings. The Morgan fingerprint density at radius 2 is 1.85 bits per heavy atom. The number of anilines is 2. The third-order valence-electron chi connectivity index (χ3n) is 6.89. The van der Waals surface area contributed by atoms with Crippen molar-refractivity contribution in [3.8, 4) is 0 Å². The summed E-state index contributed by atoms with van der Waals surface area (Å²) in [5, 5.41) is 2.78. The second-order valence-electron chi connectivity index (χ2n) is 9.71. The van der Waals surface area contributed by atoms with E-state index in [1.165, 1.54) is 16.2 Å². The maximum atomic E-state index is 13.4. The molecule has 2 amide bonds. The van der Waals surface area contributed by atoms with Crippen molar-refractivity contribution >= 4 is 46.6 Å². The fourth-order valence-corrected chi connectivity index (χ4v) is 5.40. The summed E-state index contributed by atoms with van der Waals surface area (Å²) in [5.41, 5.74) is 6.30. The van der Waals surface area contributed by atoms with Gasteiger partial charge < -0.3 is 4.90 Å². The summed E-state index contributed by atoms with van der Waals surface area (Å²) in [7, 11) is 0. The number of hydrogen-bond donors (Lipinski definition) is 1. The summed E-state index contributed by atoms with van der Waals surface area (Å²) in [6, 6.07) is 11.9. The monoisotopic (exact) mass is 461 g/mol. The molecule has 0 radical (unpaired) electrons. The zero-order valence-corrected chi connectivity index (χ0v) is 21.0. The Hall–Kier alpha value is -2.99. The van der Waals surface area contributed by atoms with E-state index in [0.29, 0.717) is 11.6 Å². The Bertz CT molecular complexity index is 1200. The van der Waals surface area contributed by atoms with Gasteiger partial charge in [-0.15, -0.1) is 0 Å². The highest BCUT2D eigenvalue weighted by atomic mass is 32.1. The first-order valence-corrected chi connectivity index (χ1v) is 11.8. The lowest BCUT2D eigenvalue weighted by molar-refractivity contribution is -0.122. The number of carbonyl (C=O) groups excluding carboxylic acids is 2. The molecule has 1 N–H and O–H groups in total. The molecular formula is C27H31N3O2S. The normalized spacial score (nSPS) is 21.3. The minimum absolute atomic E-state index is 0.0814. The lowest BCUT2D eigenvalue weighted by Gasteiger charge is -2.47. The van der Waals surface area contributed by atoms with Gasteiger partial charge in [0.25, 0.3) is 11.8 Å². The second kappa shape index (κ2) is 8.41. The van der Waals surface area contributed by atoms with Crippen LogP contribution in [0.3, 0.4) is 0 Å². The lowest BCUT2D eigenvalue weighted by atomic mass is 9.79. The quantitative estimate of drug-likeness (QED) is 0.386. The molecule has 0 aromatic heterocycles. The van der Waals surface area contributed by atoms with Gasteiger partial charge in [0, 0.05) is 17.8 Å². The van der Waals surface area contributed by atoms with E-state index in [4.69, 9.17) is 12.2 Å². The maximum absolute atomic E-state index is 13.4. The zero-order chi connectivity index (χ0) is 24.1. The SMILES string of the molecule is CCN1c2ccc(/C=C3\C(=O)NC(=S)N(c4ccc(C)c(C)c4)C3=O)cc2C(C)CC1(C)C. The van der Waals surface area contributed by atoms with Gasteiger partial charge in [0.2, 0.25) is 0 Å². The molecule has 4 rings (SSSR count). The van der Waals surface area contributed by atoms with Crippen LogP contribution < -0.4 is 15.1 Å². The zero-order valence-electron chi connectivity index (χ0n) is 20.2. The largest absolute Gasteiger partial charge is 0.366 e. The number of thiocarbonyl (C=S) groups is 1. The number of benzene rings is 2. The molecule has 1 fully saturated rings. The van der Waals surface area contributed by atoms with E-state index in [-0.39, 0.29) is 16.2 Å². The maximum Gasteiger partial charge on any atom is 0.270 e. The third-order valence-corrected chi connectivity index (χ3v) is 7.17. The van der Waals surface area contributed by atoms with Crippen LogP contribution >= 0.6 is 12.2 Å². The molecule has 172 valence electrons. The van der Waals surface area contributed by atoms with Crippen LogP contribution in [0.1, 0.15) is 62.3 Å². The number of hydrogen-bond acceptors (Lipinski definition) is 4. The van der Waals surface area contributed by atoms with E-state index in [1.807, 2.05) is 38.1 Å². The molecular weight excluding hydrogens is 430 g/mol. The lowest BCUT2D eigenvalue weighted by Crippen LogP contribution is -2.54. The first-order valence-electron chi connectivity index (χ1n) is 11.4. The van der Waals surface area contributed by atoms with Crippen molar-refractivity contribution in [2.24, 2.45) is 0 Å². The van der Waals surface area contributed by atoms with Crippen molar-refractivity contribution in [2.45, 2.75) is 59.4 Å². The summed E-state index contributed by atoms with van der Waals surface area (Å²) in [4.78, 5) is 29.9. The van der Waals surface area contributed by atoms with E-state index in [0.717, 1.165) is 29.7 Å². The Morgan fingerprint density at radius 1 is 1.12 bits per heavy atom. The van der Waals surface area contributed by atoms with Crippen LogP contribution in [0, 0.1) is 13.8 Å². The Kier molecular flexibility index (Phi) is 5.91. The molecule has 1 atom stereocenters. The predicted molar refractivity (Wildman–Crippen MR) is 139 cm³/mol. The fraction of sp³-hybridized carbons (Fsp3) is 0.370.